The highest BCUT2D eigenvalue weighted by Crippen LogP contribution is 2.25. The third kappa shape index (κ3) is 5.24. The van der Waals surface area contributed by atoms with E-state index in [1.165, 1.54) is 11.4 Å². The van der Waals surface area contributed by atoms with E-state index in [9.17, 15) is 13.2 Å². The maximum atomic E-state index is 12.8. The number of anilines is 2. The van der Waals surface area contributed by atoms with Crippen LogP contribution >= 0.6 is 0 Å². The number of sulfonamides is 1. The Balaban J connectivity index is 1.63. The molecular formula is C24H26N2O4S. The van der Waals surface area contributed by atoms with Crippen molar-refractivity contribution < 1.29 is 17.9 Å². The molecule has 0 aliphatic heterocycles. The first-order valence-electron chi connectivity index (χ1n) is 9.83. The Labute approximate surface area is 183 Å². The Hall–Kier alpha value is -3.32. The highest BCUT2D eigenvalue weighted by atomic mass is 32.2. The molecule has 0 heterocycles. The number of amides is 1. The van der Waals surface area contributed by atoms with Gasteiger partial charge in [0.05, 0.1) is 10.6 Å². The zero-order valence-electron chi connectivity index (χ0n) is 18.0. The lowest BCUT2D eigenvalue weighted by atomic mass is 10.1. The molecule has 162 valence electrons. The van der Waals surface area contributed by atoms with Crippen LogP contribution in [0, 0.1) is 20.8 Å². The standard InChI is InChI=1S/C24H26N2O4S/c1-17-8-14-22(15-9-17)31(28,29)26(4)20-10-12-21(13-11-20)30-16-23(27)25-24-18(2)6-5-7-19(24)3/h5-15H,16H2,1-4H3,(H,25,27). The Morgan fingerprint density at radius 1 is 0.903 bits per heavy atom. The number of hydrogen-bond acceptors (Lipinski definition) is 4. The molecule has 3 aromatic carbocycles. The summed E-state index contributed by atoms with van der Waals surface area (Å²) in [5, 5.41) is 2.87. The quantitative estimate of drug-likeness (QED) is 0.591. The number of ether oxygens (including phenoxy) is 1. The number of carbonyl (C=O) groups is 1. The number of nitrogens with one attached hydrogen (secondary N) is 1. The molecule has 0 aromatic heterocycles. The van der Waals surface area contributed by atoms with Gasteiger partial charge in [-0.05, 0) is 68.3 Å². The topological polar surface area (TPSA) is 75.7 Å². The molecule has 0 saturated carbocycles. The van der Waals surface area contributed by atoms with Gasteiger partial charge in [0, 0.05) is 12.7 Å². The van der Waals surface area contributed by atoms with Gasteiger partial charge in [-0.1, -0.05) is 35.9 Å². The summed E-state index contributed by atoms with van der Waals surface area (Å²) in [4.78, 5) is 12.5. The van der Waals surface area contributed by atoms with Gasteiger partial charge >= 0.3 is 0 Å². The monoisotopic (exact) mass is 438 g/mol. The predicted molar refractivity (Wildman–Crippen MR) is 123 cm³/mol. The van der Waals surface area contributed by atoms with Crippen LogP contribution in [-0.2, 0) is 14.8 Å². The molecule has 0 spiro atoms. The van der Waals surface area contributed by atoms with E-state index in [0.717, 1.165) is 22.4 Å². The molecule has 1 amide bonds. The highest BCUT2D eigenvalue weighted by molar-refractivity contribution is 7.92. The minimum absolute atomic E-state index is 0.148. The SMILES string of the molecule is Cc1ccc(S(=O)(=O)N(C)c2ccc(OCC(=O)Nc3c(C)cccc3C)cc2)cc1. The van der Waals surface area contributed by atoms with Crippen LogP contribution in [0.4, 0.5) is 11.4 Å². The fourth-order valence-electron chi connectivity index (χ4n) is 3.10. The van der Waals surface area contributed by atoms with Crippen LogP contribution in [0.25, 0.3) is 0 Å². The molecular weight excluding hydrogens is 412 g/mol. The fourth-order valence-corrected chi connectivity index (χ4v) is 4.29. The summed E-state index contributed by atoms with van der Waals surface area (Å²) >= 11 is 0. The number of hydrogen-bond donors (Lipinski definition) is 1. The van der Waals surface area contributed by atoms with Crippen molar-refractivity contribution in [3.05, 3.63) is 83.4 Å². The molecule has 1 N–H and O–H groups in total. The van der Waals surface area contributed by atoms with Crippen LogP contribution in [-0.4, -0.2) is 28.0 Å². The number of carbonyl (C=O) groups excluding carboxylic acids is 1. The second kappa shape index (κ2) is 9.22. The number of rotatable bonds is 7. The molecule has 0 aliphatic carbocycles. The van der Waals surface area contributed by atoms with Crippen molar-refractivity contribution in [3.63, 3.8) is 0 Å². The molecule has 0 radical (unpaired) electrons. The molecule has 3 rings (SSSR count). The summed E-state index contributed by atoms with van der Waals surface area (Å²) in [7, 11) is -2.16. The Kier molecular flexibility index (Phi) is 6.65. The van der Waals surface area contributed by atoms with Gasteiger partial charge in [0.1, 0.15) is 5.75 Å². The maximum absolute atomic E-state index is 12.8. The van der Waals surface area contributed by atoms with Crippen molar-refractivity contribution in [1.82, 2.24) is 0 Å². The van der Waals surface area contributed by atoms with Crippen LogP contribution < -0.4 is 14.4 Å². The van der Waals surface area contributed by atoms with Crippen LogP contribution in [0.3, 0.4) is 0 Å². The van der Waals surface area contributed by atoms with Crippen molar-refractivity contribution in [2.24, 2.45) is 0 Å². The van der Waals surface area contributed by atoms with Gasteiger partial charge in [0.25, 0.3) is 15.9 Å². The molecule has 7 heteroatoms. The van der Waals surface area contributed by atoms with Crippen molar-refractivity contribution in [1.29, 1.82) is 0 Å². The van der Waals surface area contributed by atoms with Crippen molar-refractivity contribution in [2.45, 2.75) is 25.7 Å². The zero-order chi connectivity index (χ0) is 22.6. The fraction of sp³-hybridized carbons (Fsp3) is 0.208. The van der Waals surface area contributed by atoms with E-state index in [4.69, 9.17) is 4.74 Å². The Morgan fingerprint density at radius 2 is 1.48 bits per heavy atom. The van der Waals surface area contributed by atoms with Crippen LogP contribution in [0.5, 0.6) is 5.75 Å². The molecule has 0 aliphatic rings. The summed E-state index contributed by atoms with van der Waals surface area (Å²) in [5.74, 6) is 0.210. The van der Waals surface area contributed by atoms with E-state index in [2.05, 4.69) is 5.32 Å². The van der Waals surface area contributed by atoms with Gasteiger partial charge in [0.15, 0.2) is 6.61 Å². The molecule has 0 unspecified atom stereocenters. The summed E-state index contributed by atoms with van der Waals surface area (Å²) < 4.78 is 32.4. The van der Waals surface area contributed by atoms with Gasteiger partial charge in [-0.3, -0.25) is 9.10 Å². The normalized spacial score (nSPS) is 11.1. The first-order chi connectivity index (χ1) is 14.7. The lowest BCUT2D eigenvalue weighted by Crippen LogP contribution is -2.26. The third-order valence-electron chi connectivity index (χ3n) is 5.00. The van der Waals surface area contributed by atoms with Crippen LogP contribution in [0.1, 0.15) is 16.7 Å². The van der Waals surface area contributed by atoms with Crippen LogP contribution in [0.2, 0.25) is 0 Å². The molecule has 0 atom stereocenters. The van der Waals surface area contributed by atoms with Gasteiger partial charge in [0.2, 0.25) is 0 Å². The van der Waals surface area contributed by atoms with Gasteiger partial charge in [-0.15, -0.1) is 0 Å². The molecule has 31 heavy (non-hydrogen) atoms. The number of aryl methyl sites for hydroxylation is 3. The minimum Gasteiger partial charge on any atom is -0.484 e. The summed E-state index contributed by atoms with van der Waals surface area (Å²) in [6.45, 7) is 5.62. The molecule has 6 nitrogen and oxygen atoms in total. The van der Waals surface area contributed by atoms with E-state index < -0.39 is 10.0 Å². The summed E-state index contributed by atoms with van der Waals surface area (Å²) in [6, 6.07) is 19.1. The third-order valence-corrected chi connectivity index (χ3v) is 6.79. The average molecular weight is 439 g/mol. The van der Waals surface area contributed by atoms with Crippen LogP contribution in [0.15, 0.2) is 71.6 Å². The van der Waals surface area contributed by atoms with E-state index >= 15 is 0 Å². The smallest absolute Gasteiger partial charge is 0.264 e. The largest absolute Gasteiger partial charge is 0.484 e. The summed E-state index contributed by atoms with van der Waals surface area (Å²) in [6.07, 6.45) is 0. The van der Waals surface area contributed by atoms with E-state index in [0.29, 0.717) is 11.4 Å². The molecule has 0 saturated heterocycles. The van der Waals surface area contributed by atoms with Gasteiger partial charge in [-0.25, -0.2) is 8.42 Å². The first-order valence-corrected chi connectivity index (χ1v) is 11.3. The van der Waals surface area contributed by atoms with E-state index in [-0.39, 0.29) is 17.4 Å². The Morgan fingerprint density at radius 3 is 2.06 bits per heavy atom. The van der Waals surface area contributed by atoms with Gasteiger partial charge in [-0.2, -0.15) is 0 Å². The predicted octanol–water partition coefficient (Wildman–Crippen LogP) is 4.45. The maximum Gasteiger partial charge on any atom is 0.264 e. The number of para-hydroxylation sites is 1. The zero-order valence-corrected chi connectivity index (χ0v) is 18.9. The molecule has 0 fully saturated rings. The van der Waals surface area contributed by atoms with Crippen molar-refractivity contribution >= 4 is 27.3 Å². The van der Waals surface area contributed by atoms with Crippen molar-refractivity contribution in [3.8, 4) is 5.75 Å². The molecule has 0 bridgehead atoms. The van der Waals surface area contributed by atoms with E-state index in [1.54, 1.807) is 48.5 Å². The number of benzene rings is 3. The second-order valence-electron chi connectivity index (χ2n) is 7.38. The lowest BCUT2D eigenvalue weighted by Gasteiger charge is -2.20. The van der Waals surface area contributed by atoms with Gasteiger partial charge < -0.3 is 10.1 Å². The summed E-state index contributed by atoms with van der Waals surface area (Å²) in [5.41, 5.74) is 4.23. The average Bonchev–Trinajstić information content (AvgIpc) is 2.75. The Bertz CT molecular complexity index is 1150. The minimum atomic E-state index is -3.66. The number of nitrogens with zero attached hydrogens (tertiary/aromatic N) is 1. The highest BCUT2D eigenvalue weighted by Gasteiger charge is 2.21. The lowest BCUT2D eigenvalue weighted by molar-refractivity contribution is -0.118. The first kappa shape index (κ1) is 22.4. The van der Waals surface area contributed by atoms with E-state index in [1.807, 2.05) is 39.0 Å². The van der Waals surface area contributed by atoms with Crippen molar-refractivity contribution in [2.75, 3.05) is 23.3 Å². The molecule has 3 aromatic rings. The second-order valence-corrected chi connectivity index (χ2v) is 9.35.